The van der Waals surface area contributed by atoms with E-state index in [4.69, 9.17) is 11.6 Å². The first-order valence-corrected chi connectivity index (χ1v) is 12.9. The maximum atomic E-state index is 14.2. The number of halogens is 2. The Hall–Kier alpha value is -3.55. The van der Waals surface area contributed by atoms with Crippen LogP contribution in [0.4, 0.5) is 15.8 Å². The Kier molecular flexibility index (Phi) is 6.26. The van der Waals surface area contributed by atoms with Crippen molar-refractivity contribution in [2.24, 2.45) is 5.92 Å². The number of fused-ring (bicyclic) bond motifs is 1. The summed E-state index contributed by atoms with van der Waals surface area (Å²) in [5, 5.41) is 13.8. The number of aromatic hydroxyl groups is 1. The van der Waals surface area contributed by atoms with Gasteiger partial charge < -0.3 is 10.4 Å². The van der Waals surface area contributed by atoms with Gasteiger partial charge in [0.15, 0.2) is 17.3 Å². The summed E-state index contributed by atoms with van der Waals surface area (Å²) in [6, 6.07) is 12.3. The van der Waals surface area contributed by atoms with Crippen LogP contribution in [0.5, 0.6) is 5.75 Å². The molecule has 0 unspecified atom stereocenters. The highest BCUT2D eigenvalue weighted by Gasteiger charge is 2.32. The molecule has 188 valence electrons. The summed E-state index contributed by atoms with van der Waals surface area (Å²) in [5.41, 5.74) is 4.86. The Morgan fingerprint density at radius 2 is 1.86 bits per heavy atom. The number of nitrogens with zero attached hydrogens (tertiary/aromatic N) is 3. The number of ketones is 1. The van der Waals surface area contributed by atoms with Gasteiger partial charge in [0, 0.05) is 24.0 Å². The molecule has 0 amide bonds. The Balaban J connectivity index is 1.40. The van der Waals surface area contributed by atoms with E-state index >= 15 is 0 Å². The molecule has 0 radical (unpaired) electrons. The predicted molar refractivity (Wildman–Crippen MR) is 143 cm³/mol. The number of hydrogen-bond donors (Lipinski definition) is 2. The van der Waals surface area contributed by atoms with Gasteiger partial charge in [0.1, 0.15) is 0 Å². The Morgan fingerprint density at radius 3 is 2.57 bits per heavy atom. The zero-order chi connectivity index (χ0) is 25.5. The van der Waals surface area contributed by atoms with Crippen LogP contribution in [-0.4, -0.2) is 38.8 Å². The molecular weight excluding hydrogens is 491 g/mol. The van der Waals surface area contributed by atoms with Gasteiger partial charge in [-0.1, -0.05) is 17.7 Å². The van der Waals surface area contributed by atoms with Crippen LogP contribution in [0.2, 0.25) is 5.02 Å². The molecule has 2 aromatic heterocycles. The molecule has 2 aromatic carbocycles. The summed E-state index contributed by atoms with van der Waals surface area (Å²) in [6.45, 7) is 3.05. The number of phenolic OH excluding ortho intramolecular Hbond substituents is 1. The van der Waals surface area contributed by atoms with Gasteiger partial charge in [-0.05, 0) is 86.3 Å². The molecule has 6 nitrogen and oxygen atoms in total. The largest absolute Gasteiger partial charge is 0.504 e. The Morgan fingerprint density at radius 1 is 1.05 bits per heavy atom. The smallest absolute Gasteiger partial charge is 0.170 e. The number of carbonyl (C=O) groups excluding carboxylic acids is 1. The fraction of sp³-hybridized carbons (Fsp3) is 0.276. The monoisotopic (exact) mass is 516 g/mol. The van der Waals surface area contributed by atoms with Crippen molar-refractivity contribution in [1.29, 1.82) is 0 Å². The lowest BCUT2D eigenvalue weighted by molar-refractivity contribution is 0.0968. The molecule has 3 heterocycles. The first-order chi connectivity index (χ1) is 18.0. The molecular formula is C29H26ClFN4O2. The molecule has 6 rings (SSSR count). The van der Waals surface area contributed by atoms with Gasteiger partial charge in [-0.15, -0.1) is 0 Å². The summed E-state index contributed by atoms with van der Waals surface area (Å²) in [5.74, 6) is -1.28. The number of benzene rings is 2. The zero-order valence-corrected chi connectivity index (χ0v) is 20.9. The second kappa shape index (κ2) is 9.72. The molecule has 1 saturated carbocycles. The maximum absolute atomic E-state index is 14.2. The summed E-state index contributed by atoms with van der Waals surface area (Å²) >= 11 is 6.03. The minimum Gasteiger partial charge on any atom is -0.504 e. The molecule has 2 fully saturated rings. The first-order valence-electron chi connectivity index (χ1n) is 12.6. The third kappa shape index (κ3) is 4.89. The van der Waals surface area contributed by atoms with Crippen molar-refractivity contribution < 1.29 is 14.3 Å². The van der Waals surface area contributed by atoms with E-state index in [1.54, 1.807) is 12.4 Å². The third-order valence-electron chi connectivity index (χ3n) is 7.11. The molecule has 37 heavy (non-hydrogen) atoms. The molecule has 0 spiro atoms. The number of hydrogen-bond acceptors (Lipinski definition) is 6. The van der Waals surface area contributed by atoms with Crippen molar-refractivity contribution in [2.45, 2.75) is 32.2 Å². The molecule has 1 saturated heterocycles. The maximum Gasteiger partial charge on any atom is 0.170 e. The number of pyridine rings is 2. The van der Waals surface area contributed by atoms with Gasteiger partial charge in [-0.3, -0.25) is 19.7 Å². The van der Waals surface area contributed by atoms with Gasteiger partial charge in [0.25, 0.3) is 0 Å². The van der Waals surface area contributed by atoms with Crippen molar-refractivity contribution in [3.05, 3.63) is 77.0 Å². The summed E-state index contributed by atoms with van der Waals surface area (Å²) in [6.07, 6.45) is 7.66. The quantitative estimate of drug-likeness (QED) is 0.265. The topological polar surface area (TPSA) is 78.3 Å². The van der Waals surface area contributed by atoms with Gasteiger partial charge in [0.2, 0.25) is 0 Å². The molecule has 1 aliphatic heterocycles. The van der Waals surface area contributed by atoms with E-state index in [9.17, 15) is 14.3 Å². The third-order valence-corrected chi connectivity index (χ3v) is 7.40. The number of phenols is 1. The van der Waals surface area contributed by atoms with Gasteiger partial charge in [-0.25, -0.2) is 4.39 Å². The van der Waals surface area contributed by atoms with Crippen molar-refractivity contribution in [3.8, 4) is 16.9 Å². The van der Waals surface area contributed by atoms with Crippen molar-refractivity contribution in [2.75, 3.05) is 18.4 Å². The summed E-state index contributed by atoms with van der Waals surface area (Å²) in [7, 11) is 0. The van der Waals surface area contributed by atoms with Crippen LogP contribution in [0, 0.1) is 11.7 Å². The molecule has 4 aromatic rings. The number of rotatable bonds is 7. The highest BCUT2D eigenvalue weighted by atomic mass is 35.5. The molecule has 8 heteroatoms. The van der Waals surface area contributed by atoms with Crippen molar-refractivity contribution in [3.63, 3.8) is 0 Å². The van der Waals surface area contributed by atoms with Gasteiger partial charge >= 0.3 is 0 Å². The number of aromatic nitrogens is 2. The van der Waals surface area contributed by atoms with Crippen LogP contribution in [0.15, 0.2) is 54.9 Å². The Bertz CT molecular complexity index is 1480. The summed E-state index contributed by atoms with van der Waals surface area (Å²) in [4.78, 5) is 24.8. The second-order valence-electron chi connectivity index (χ2n) is 9.85. The van der Waals surface area contributed by atoms with Crippen molar-refractivity contribution >= 4 is 39.7 Å². The molecule has 2 N–H and O–H groups in total. The minimum absolute atomic E-state index is 0.0222. The van der Waals surface area contributed by atoms with E-state index < -0.39 is 11.6 Å². The van der Waals surface area contributed by atoms with Crippen LogP contribution in [0.3, 0.4) is 0 Å². The average molecular weight is 517 g/mol. The van der Waals surface area contributed by atoms with E-state index in [-0.39, 0.29) is 16.7 Å². The van der Waals surface area contributed by atoms with Crippen LogP contribution in [0.25, 0.3) is 22.0 Å². The second-order valence-corrected chi connectivity index (χ2v) is 10.3. The predicted octanol–water partition coefficient (Wildman–Crippen LogP) is 6.73. The van der Waals surface area contributed by atoms with E-state index in [1.807, 2.05) is 30.3 Å². The van der Waals surface area contributed by atoms with E-state index in [2.05, 4.69) is 20.2 Å². The van der Waals surface area contributed by atoms with E-state index in [0.717, 1.165) is 49.2 Å². The van der Waals surface area contributed by atoms with E-state index in [1.165, 1.54) is 25.0 Å². The fourth-order valence-corrected chi connectivity index (χ4v) is 5.11. The van der Waals surface area contributed by atoms with E-state index in [0.29, 0.717) is 27.9 Å². The molecule has 0 atom stereocenters. The lowest BCUT2D eigenvalue weighted by Gasteiger charge is -2.16. The highest BCUT2D eigenvalue weighted by Crippen LogP contribution is 2.39. The first kappa shape index (κ1) is 23.8. The lowest BCUT2D eigenvalue weighted by Crippen LogP contribution is -2.19. The molecule has 2 aliphatic rings. The SMILES string of the molecule is O=C(c1cnc2ccc(-c3cc(F)c(O)c(Cl)c3)cc2c1Nc1ccc(CN2CCCC2)nc1)C1CC1. The van der Waals surface area contributed by atoms with Gasteiger partial charge in [0.05, 0.1) is 39.4 Å². The van der Waals surface area contributed by atoms with Crippen LogP contribution in [-0.2, 0) is 6.54 Å². The van der Waals surface area contributed by atoms with Gasteiger partial charge in [-0.2, -0.15) is 0 Å². The summed E-state index contributed by atoms with van der Waals surface area (Å²) < 4.78 is 14.2. The fourth-order valence-electron chi connectivity index (χ4n) is 4.90. The van der Waals surface area contributed by atoms with Crippen molar-refractivity contribution in [1.82, 2.24) is 14.9 Å². The number of Topliss-reactive ketones (excluding diaryl/α,β-unsaturated/α-hetero) is 1. The average Bonchev–Trinajstić information content (AvgIpc) is 3.64. The van der Waals surface area contributed by atoms with Crippen LogP contribution < -0.4 is 5.32 Å². The number of nitrogens with one attached hydrogen (secondary N) is 1. The number of likely N-dealkylation sites (tertiary alicyclic amines) is 1. The van der Waals surface area contributed by atoms with Crippen LogP contribution >= 0.6 is 11.6 Å². The minimum atomic E-state index is -0.795. The Labute approximate surface area is 219 Å². The molecule has 1 aliphatic carbocycles. The number of carbonyl (C=O) groups is 1. The lowest BCUT2D eigenvalue weighted by atomic mass is 9.98. The normalized spacial score (nSPS) is 15.8. The van der Waals surface area contributed by atoms with Crippen LogP contribution in [0.1, 0.15) is 41.7 Å². The number of anilines is 2. The highest BCUT2D eigenvalue weighted by molar-refractivity contribution is 6.32. The molecule has 0 bridgehead atoms. The zero-order valence-electron chi connectivity index (χ0n) is 20.2. The standard InChI is InChI=1S/C29H26ClFN4O2/c30-24-12-19(13-25(31)29(24)37)18-5-8-26-22(11-18)27(23(15-33-26)28(36)17-3-4-17)34-20-6-7-21(32-14-20)16-35-9-1-2-10-35/h5-8,11-15,17,37H,1-4,9-10,16H2,(H,33,34).